The number of ketones is 1. The molecule has 0 unspecified atom stereocenters. The van der Waals surface area contributed by atoms with E-state index in [4.69, 9.17) is 9.97 Å². The van der Waals surface area contributed by atoms with Gasteiger partial charge in [0.25, 0.3) is 0 Å². The third-order valence-electron chi connectivity index (χ3n) is 3.95. The van der Waals surface area contributed by atoms with Crippen molar-refractivity contribution >= 4 is 39.1 Å². The third-order valence-corrected chi connectivity index (χ3v) is 6.03. The Morgan fingerprint density at radius 3 is 2.62 bits per heavy atom. The van der Waals surface area contributed by atoms with Crippen LogP contribution < -0.4 is 0 Å². The maximum Gasteiger partial charge on any atom is 0.173 e. The van der Waals surface area contributed by atoms with Gasteiger partial charge < -0.3 is 0 Å². The topological polar surface area (TPSA) is 42.9 Å². The quantitative estimate of drug-likeness (QED) is 0.344. The van der Waals surface area contributed by atoms with Crippen LogP contribution in [0.3, 0.4) is 0 Å². The molecular formula is C19H20N2OS2. The summed E-state index contributed by atoms with van der Waals surface area (Å²) in [5.74, 6) is 1.41. The van der Waals surface area contributed by atoms with Gasteiger partial charge in [-0.25, -0.2) is 9.97 Å². The Hall–Kier alpha value is -1.72. The zero-order valence-electron chi connectivity index (χ0n) is 14.1. The highest BCUT2D eigenvalue weighted by atomic mass is 32.2. The van der Waals surface area contributed by atoms with E-state index >= 15 is 0 Å². The number of carbonyl (C=O) groups is 1. The lowest BCUT2D eigenvalue weighted by atomic mass is 10.2. The van der Waals surface area contributed by atoms with Gasteiger partial charge >= 0.3 is 0 Å². The van der Waals surface area contributed by atoms with Crippen molar-refractivity contribution in [1.29, 1.82) is 0 Å². The van der Waals surface area contributed by atoms with E-state index in [1.54, 1.807) is 11.3 Å². The van der Waals surface area contributed by atoms with E-state index in [0.29, 0.717) is 5.75 Å². The number of benzene rings is 1. The SMILES string of the molecule is CCCc1nc(SCC(=O)c2ccccc2)c2c(C)c(C)sc2n1. The predicted molar refractivity (Wildman–Crippen MR) is 102 cm³/mol. The monoisotopic (exact) mass is 356 g/mol. The van der Waals surface area contributed by atoms with Crippen molar-refractivity contribution in [1.82, 2.24) is 9.97 Å². The molecule has 0 aliphatic heterocycles. The van der Waals surface area contributed by atoms with Crippen LogP contribution in [-0.2, 0) is 6.42 Å². The normalized spacial score (nSPS) is 11.1. The summed E-state index contributed by atoms with van der Waals surface area (Å²) in [6, 6.07) is 9.44. The zero-order valence-corrected chi connectivity index (χ0v) is 15.8. The molecule has 0 bridgehead atoms. The van der Waals surface area contributed by atoms with E-state index in [2.05, 4.69) is 20.8 Å². The Labute approximate surface area is 150 Å². The number of carbonyl (C=O) groups excluding carboxylic acids is 1. The number of hydrogen-bond acceptors (Lipinski definition) is 5. The molecule has 0 aliphatic carbocycles. The molecule has 3 nitrogen and oxygen atoms in total. The van der Waals surface area contributed by atoms with Gasteiger partial charge in [-0.15, -0.1) is 11.3 Å². The first-order valence-electron chi connectivity index (χ1n) is 8.07. The summed E-state index contributed by atoms with van der Waals surface area (Å²) in [4.78, 5) is 24.1. The molecule has 2 aromatic heterocycles. The number of thioether (sulfide) groups is 1. The van der Waals surface area contributed by atoms with Crippen molar-refractivity contribution in [2.45, 2.75) is 38.6 Å². The summed E-state index contributed by atoms with van der Waals surface area (Å²) in [7, 11) is 0. The maximum absolute atomic E-state index is 12.4. The molecule has 1 aromatic carbocycles. The van der Waals surface area contributed by atoms with Gasteiger partial charge in [0.1, 0.15) is 15.7 Å². The van der Waals surface area contributed by atoms with E-state index in [1.807, 2.05) is 30.3 Å². The minimum absolute atomic E-state index is 0.133. The van der Waals surface area contributed by atoms with Crippen molar-refractivity contribution in [3.63, 3.8) is 0 Å². The molecule has 124 valence electrons. The number of rotatable bonds is 6. The first-order valence-corrected chi connectivity index (χ1v) is 9.88. The standard InChI is InChI=1S/C19H20N2OS2/c1-4-8-16-20-18(17-12(2)13(3)24-19(17)21-16)23-11-15(22)14-9-6-5-7-10-14/h5-7,9-10H,4,8,11H2,1-3H3. The fourth-order valence-electron chi connectivity index (χ4n) is 2.54. The molecular weight excluding hydrogens is 336 g/mol. The highest BCUT2D eigenvalue weighted by molar-refractivity contribution is 8.00. The Kier molecular flexibility index (Phi) is 5.31. The summed E-state index contributed by atoms with van der Waals surface area (Å²) in [5, 5.41) is 2.05. The van der Waals surface area contributed by atoms with E-state index in [-0.39, 0.29) is 5.78 Å². The second-order valence-corrected chi connectivity index (χ2v) is 7.90. The van der Waals surface area contributed by atoms with Crippen molar-refractivity contribution in [3.8, 4) is 0 Å². The first-order chi connectivity index (χ1) is 11.6. The van der Waals surface area contributed by atoms with Crippen molar-refractivity contribution in [2.75, 3.05) is 5.75 Å². The van der Waals surface area contributed by atoms with Crippen LogP contribution in [0.25, 0.3) is 10.2 Å². The molecule has 3 rings (SSSR count). The van der Waals surface area contributed by atoms with Gasteiger partial charge in [0.2, 0.25) is 0 Å². The molecule has 0 N–H and O–H groups in total. The lowest BCUT2D eigenvalue weighted by molar-refractivity contribution is 0.102. The van der Waals surface area contributed by atoms with Crippen LogP contribution >= 0.6 is 23.1 Å². The number of nitrogens with zero attached hydrogens (tertiary/aromatic N) is 2. The average Bonchev–Trinajstić information content (AvgIpc) is 2.88. The van der Waals surface area contributed by atoms with Gasteiger partial charge in [-0.05, 0) is 25.8 Å². The van der Waals surface area contributed by atoms with Crippen LogP contribution in [0.5, 0.6) is 0 Å². The summed E-state index contributed by atoms with van der Waals surface area (Å²) in [5.41, 5.74) is 1.98. The second-order valence-electron chi connectivity index (χ2n) is 5.74. The number of aromatic nitrogens is 2. The Bertz CT molecular complexity index is 872. The van der Waals surface area contributed by atoms with Gasteiger partial charge in [-0.3, -0.25) is 4.79 Å². The molecule has 2 heterocycles. The van der Waals surface area contributed by atoms with Crippen LogP contribution in [-0.4, -0.2) is 21.5 Å². The number of fused-ring (bicyclic) bond motifs is 1. The zero-order chi connectivity index (χ0) is 17.1. The number of Topliss-reactive ketones (excluding diaryl/α,β-unsaturated/α-hetero) is 1. The lowest BCUT2D eigenvalue weighted by Gasteiger charge is -2.06. The van der Waals surface area contributed by atoms with Crippen LogP contribution in [0.1, 0.15) is 40.0 Å². The summed E-state index contributed by atoms with van der Waals surface area (Å²) in [6.07, 6.45) is 1.88. The Morgan fingerprint density at radius 2 is 1.92 bits per heavy atom. The Morgan fingerprint density at radius 1 is 1.17 bits per heavy atom. The van der Waals surface area contributed by atoms with Crippen molar-refractivity contribution < 1.29 is 4.79 Å². The number of thiophene rings is 1. The van der Waals surface area contributed by atoms with Crippen LogP contribution in [0, 0.1) is 13.8 Å². The fourth-order valence-corrected chi connectivity index (χ4v) is 4.65. The maximum atomic E-state index is 12.4. The highest BCUT2D eigenvalue weighted by Crippen LogP contribution is 2.35. The molecule has 0 amide bonds. The summed E-state index contributed by atoms with van der Waals surface area (Å²) in [6.45, 7) is 6.36. The average molecular weight is 357 g/mol. The van der Waals surface area contributed by atoms with E-state index in [1.165, 1.54) is 22.2 Å². The fraction of sp³-hybridized carbons (Fsp3) is 0.316. The van der Waals surface area contributed by atoms with Gasteiger partial charge in [-0.1, -0.05) is 49.0 Å². The number of aryl methyl sites for hydroxylation is 3. The minimum Gasteiger partial charge on any atom is -0.293 e. The summed E-state index contributed by atoms with van der Waals surface area (Å²) < 4.78 is 0. The molecule has 0 saturated heterocycles. The molecule has 24 heavy (non-hydrogen) atoms. The molecule has 0 radical (unpaired) electrons. The predicted octanol–water partition coefficient (Wildman–Crippen LogP) is 5.24. The molecule has 0 aliphatic rings. The minimum atomic E-state index is 0.133. The lowest BCUT2D eigenvalue weighted by Crippen LogP contribution is -2.03. The molecule has 3 aromatic rings. The summed E-state index contributed by atoms with van der Waals surface area (Å²) >= 11 is 3.24. The van der Waals surface area contributed by atoms with E-state index in [9.17, 15) is 4.79 Å². The Balaban J connectivity index is 1.91. The van der Waals surface area contributed by atoms with Gasteiger partial charge in [-0.2, -0.15) is 0 Å². The number of hydrogen-bond donors (Lipinski definition) is 0. The van der Waals surface area contributed by atoms with Gasteiger partial charge in [0.15, 0.2) is 5.78 Å². The van der Waals surface area contributed by atoms with Crippen molar-refractivity contribution in [2.24, 2.45) is 0 Å². The van der Waals surface area contributed by atoms with E-state index in [0.717, 1.165) is 39.5 Å². The smallest absolute Gasteiger partial charge is 0.173 e. The van der Waals surface area contributed by atoms with Gasteiger partial charge in [0.05, 0.1) is 5.75 Å². The molecule has 0 fully saturated rings. The molecule has 5 heteroatoms. The van der Waals surface area contributed by atoms with E-state index < -0.39 is 0 Å². The van der Waals surface area contributed by atoms with Crippen LogP contribution in [0.4, 0.5) is 0 Å². The van der Waals surface area contributed by atoms with Crippen LogP contribution in [0.2, 0.25) is 0 Å². The molecule has 0 saturated carbocycles. The van der Waals surface area contributed by atoms with Gasteiger partial charge in [0, 0.05) is 22.2 Å². The van der Waals surface area contributed by atoms with Crippen LogP contribution in [0.15, 0.2) is 35.4 Å². The molecule has 0 spiro atoms. The first kappa shape index (κ1) is 17.1. The largest absolute Gasteiger partial charge is 0.293 e. The highest BCUT2D eigenvalue weighted by Gasteiger charge is 2.16. The van der Waals surface area contributed by atoms with Crippen molar-refractivity contribution in [3.05, 3.63) is 52.2 Å². The third kappa shape index (κ3) is 3.52. The second kappa shape index (κ2) is 7.45. The molecule has 0 atom stereocenters.